The Balaban J connectivity index is 1.35. The first-order valence-corrected chi connectivity index (χ1v) is 8.31. The van der Waals surface area contributed by atoms with Crippen molar-refractivity contribution in [3.05, 3.63) is 29.5 Å². The quantitative estimate of drug-likeness (QED) is 0.913. The number of piperidine rings is 1. The summed E-state index contributed by atoms with van der Waals surface area (Å²) in [5.74, 6) is -0.462. The molecule has 0 radical (unpaired) electrons. The minimum Gasteiger partial charge on any atom is -0.356 e. The van der Waals surface area contributed by atoms with E-state index in [0.29, 0.717) is 45.7 Å². The lowest BCUT2D eigenvalue weighted by molar-refractivity contribution is -0.181. The largest absolute Gasteiger partial charge is 0.356 e. The molecule has 2 aromatic rings. The van der Waals surface area contributed by atoms with Crippen molar-refractivity contribution in [2.24, 2.45) is 0 Å². The zero-order chi connectivity index (χ0) is 16.6. The predicted molar refractivity (Wildman–Crippen MR) is 86.4 cm³/mol. The van der Waals surface area contributed by atoms with Gasteiger partial charge in [0.2, 0.25) is 0 Å². The van der Waals surface area contributed by atoms with Crippen molar-refractivity contribution in [1.29, 1.82) is 0 Å². The average Bonchev–Trinajstić information content (AvgIpc) is 3.20. The summed E-state index contributed by atoms with van der Waals surface area (Å²) in [6.45, 7) is 4.92. The van der Waals surface area contributed by atoms with Crippen LogP contribution in [0.4, 0.5) is 4.79 Å². The molecule has 0 aliphatic carbocycles. The highest BCUT2D eigenvalue weighted by Crippen LogP contribution is 2.31. The number of ether oxygens (including phenoxy) is 2. The number of nitrogens with one attached hydrogen (secondary N) is 1. The van der Waals surface area contributed by atoms with Gasteiger partial charge in [0.15, 0.2) is 11.4 Å². The van der Waals surface area contributed by atoms with Gasteiger partial charge in [0, 0.05) is 31.3 Å². The normalized spacial score (nSPS) is 20.0. The number of rotatable bonds is 2. The van der Waals surface area contributed by atoms with E-state index in [1.165, 1.54) is 0 Å². The number of aromatic nitrogens is 1. The van der Waals surface area contributed by atoms with Gasteiger partial charge in [-0.05, 0) is 19.1 Å². The molecule has 4 rings (SSSR count). The van der Waals surface area contributed by atoms with Crippen LogP contribution < -0.4 is 5.32 Å². The molecule has 2 saturated heterocycles. The van der Waals surface area contributed by atoms with Gasteiger partial charge < -0.3 is 24.2 Å². The molecule has 0 atom stereocenters. The van der Waals surface area contributed by atoms with E-state index in [1.54, 1.807) is 4.90 Å². The van der Waals surface area contributed by atoms with Crippen molar-refractivity contribution in [2.45, 2.75) is 32.1 Å². The molecule has 1 N–H and O–H groups in total. The zero-order valence-corrected chi connectivity index (χ0v) is 13.7. The lowest BCUT2D eigenvalue weighted by Crippen LogP contribution is -2.50. The number of hydrogen-bond donors (Lipinski definition) is 1. The summed E-state index contributed by atoms with van der Waals surface area (Å²) in [5, 5.41) is 7.94. The topological polar surface area (TPSA) is 76.8 Å². The van der Waals surface area contributed by atoms with Crippen LogP contribution in [0, 0.1) is 6.92 Å². The molecule has 2 amide bonds. The maximum Gasteiger partial charge on any atom is 0.317 e. The zero-order valence-electron chi connectivity index (χ0n) is 13.7. The van der Waals surface area contributed by atoms with E-state index in [1.807, 2.05) is 25.1 Å². The van der Waals surface area contributed by atoms with Gasteiger partial charge in [-0.1, -0.05) is 16.8 Å². The van der Waals surface area contributed by atoms with Crippen molar-refractivity contribution < 1.29 is 18.8 Å². The maximum absolute atomic E-state index is 12.4. The highest BCUT2D eigenvalue weighted by Gasteiger charge is 2.40. The van der Waals surface area contributed by atoms with E-state index < -0.39 is 5.79 Å². The summed E-state index contributed by atoms with van der Waals surface area (Å²) in [5.41, 5.74) is 2.62. The van der Waals surface area contributed by atoms with Crippen molar-refractivity contribution in [3.63, 3.8) is 0 Å². The minimum atomic E-state index is -0.462. The first-order chi connectivity index (χ1) is 11.7. The predicted octanol–water partition coefficient (Wildman–Crippen LogP) is 2.18. The Labute approximate surface area is 139 Å². The third-order valence-corrected chi connectivity index (χ3v) is 4.73. The number of fused-ring (bicyclic) bond motifs is 1. The first-order valence-electron chi connectivity index (χ1n) is 8.31. The second-order valence-corrected chi connectivity index (χ2v) is 6.38. The summed E-state index contributed by atoms with van der Waals surface area (Å²) in [6.07, 6.45) is 1.43. The molecule has 7 heteroatoms. The van der Waals surface area contributed by atoms with Gasteiger partial charge in [-0.3, -0.25) is 0 Å². The van der Waals surface area contributed by atoms with Gasteiger partial charge in [-0.2, -0.15) is 0 Å². The lowest BCUT2D eigenvalue weighted by atomic mass is 10.0. The number of amides is 2. The number of hydrogen-bond acceptors (Lipinski definition) is 5. The molecule has 1 aromatic heterocycles. The van der Waals surface area contributed by atoms with Crippen molar-refractivity contribution in [3.8, 4) is 0 Å². The lowest BCUT2D eigenvalue weighted by Gasteiger charge is -2.37. The van der Waals surface area contributed by atoms with Crippen LogP contribution in [0.2, 0.25) is 0 Å². The van der Waals surface area contributed by atoms with Gasteiger partial charge in [-0.15, -0.1) is 0 Å². The van der Waals surface area contributed by atoms with Gasteiger partial charge in [0.1, 0.15) is 5.69 Å². The number of carbonyl (C=O) groups excluding carboxylic acids is 1. The molecule has 128 valence electrons. The second kappa shape index (κ2) is 6.07. The van der Waals surface area contributed by atoms with Gasteiger partial charge in [-0.25, -0.2) is 4.79 Å². The molecule has 0 bridgehead atoms. The molecule has 0 saturated carbocycles. The van der Waals surface area contributed by atoms with Crippen LogP contribution in [0.1, 0.15) is 24.1 Å². The number of nitrogens with zero attached hydrogens (tertiary/aromatic N) is 2. The highest BCUT2D eigenvalue weighted by molar-refractivity contribution is 5.81. The molecule has 1 spiro atoms. The Morgan fingerprint density at radius 1 is 1.29 bits per heavy atom. The average molecular weight is 331 g/mol. The monoisotopic (exact) mass is 331 g/mol. The molecule has 2 aliphatic rings. The van der Waals surface area contributed by atoms with Gasteiger partial charge >= 0.3 is 6.03 Å². The van der Waals surface area contributed by atoms with Gasteiger partial charge in [0.05, 0.1) is 19.8 Å². The van der Waals surface area contributed by atoms with Crippen LogP contribution in [0.25, 0.3) is 11.0 Å². The van der Waals surface area contributed by atoms with Gasteiger partial charge in [0.25, 0.3) is 0 Å². The van der Waals surface area contributed by atoms with Crippen LogP contribution in [0.3, 0.4) is 0 Å². The molecular formula is C17H21N3O4. The first kappa shape index (κ1) is 15.4. The smallest absolute Gasteiger partial charge is 0.317 e. The maximum atomic E-state index is 12.4. The van der Waals surface area contributed by atoms with E-state index in [4.69, 9.17) is 14.0 Å². The molecule has 0 unspecified atom stereocenters. The number of carbonyl (C=O) groups is 1. The molecule has 2 fully saturated rings. The third kappa shape index (κ3) is 2.85. The second-order valence-electron chi connectivity index (χ2n) is 6.38. The summed E-state index contributed by atoms with van der Waals surface area (Å²) in [6, 6.07) is 5.81. The van der Waals surface area contributed by atoms with Crippen LogP contribution in [-0.4, -0.2) is 48.2 Å². The SMILES string of the molecule is Cc1ccc2onc(CNC(=O)N3CCC4(CC3)OCCO4)c2c1. The van der Waals surface area contributed by atoms with Crippen LogP contribution >= 0.6 is 0 Å². The summed E-state index contributed by atoms with van der Waals surface area (Å²) in [4.78, 5) is 14.2. The number of benzene rings is 1. The summed E-state index contributed by atoms with van der Waals surface area (Å²) >= 11 is 0. The van der Waals surface area contributed by atoms with Crippen molar-refractivity contribution >= 4 is 17.0 Å². The fraction of sp³-hybridized carbons (Fsp3) is 0.529. The number of aryl methyl sites for hydroxylation is 1. The molecule has 24 heavy (non-hydrogen) atoms. The fourth-order valence-electron chi connectivity index (χ4n) is 3.34. The van der Waals surface area contributed by atoms with Crippen molar-refractivity contribution in [1.82, 2.24) is 15.4 Å². The highest BCUT2D eigenvalue weighted by atomic mass is 16.7. The van der Waals surface area contributed by atoms with Crippen LogP contribution in [0.5, 0.6) is 0 Å². The van der Waals surface area contributed by atoms with E-state index in [2.05, 4.69) is 10.5 Å². The van der Waals surface area contributed by atoms with Crippen LogP contribution in [0.15, 0.2) is 22.7 Å². The van der Waals surface area contributed by atoms with E-state index in [0.717, 1.165) is 22.2 Å². The summed E-state index contributed by atoms with van der Waals surface area (Å²) < 4.78 is 16.7. The molecule has 7 nitrogen and oxygen atoms in total. The van der Waals surface area contributed by atoms with E-state index in [9.17, 15) is 4.79 Å². The Morgan fingerprint density at radius 2 is 2.04 bits per heavy atom. The minimum absolute atomic E-state index is 0.0911. The van der Waals surface area contributed by atoms with E-state index in [-0.39, 0.29) is 6.03 Å². The van der Waals surface area contributed by atoms with E-state index >= 15 is 0 Å². The van der Waals surface area contributed by atoms with Crippen LogP contribution in [-0.2, 0) is 16.0 Å². The standard InChI is InChI=1S/C17H21N3O4/c1-12-2-3-15-13(10-12)14(19-24-15)11-18-16(21)20-6-4-17(5-7-20)22-8-9-23-17/h2-3,10H,4-9,11H2,1H3,(H,18,21). The Morgan fingerprint density at radius 3 is 2.79 bits per heavy atom. The Kier molecular flexibility index (Phi) is 3.90. The fourth-order valence-corrected chi connectivity index (χ4v) is 3.34. The molecule has 2 aliphatic heterocycles. The molecule has 1 aromatic carbocycles. The Hall–Kier alpha value is -2.12. The number of likely N-dealkylation sites (tertiary alicyclic amines) is 1. The van der Waals surface area contributed by atoms with Crippen molar-refractivity contribution in [2.75, 3.05) is 26.3 Å². The molecule has 3 heterocycles. The summed E-state index contributed by atoms with van der Waals surface area (Å²) in [7, 11) is 0. The Bertz CT molecular complexity index is 741. The molecular weight excluding hydrogens is 310 g/mol. The third-order valence-electron chi connectivity index (χ3n) is 4.73. The number of urea groups is 1.